The third-order valence-electron chi connectivity index (χ3n) is 4.04. The monoisotopic (exact) mass is 342 g/mol. The summed E-state index contributed by atoms with van der Waals surface area (Å²) in [6.45, 7) is 2.21. The molecule has 0 aliphatic heterocycles. The number of aromatic carboxylic acids is 1. The first kappa shape index (κ1) is 20.8. The van der Waals surface area contributed by atoms with Crippen molar-refractivity contribution in [1.29, 1.82) is 0 Å². The third-order valence-corrected chi connectivity index (χ3v) is 4.04. The number of hydrogen-bond acceptors (Lipinski definition) is 2. The van der Waals surface area contributed by atoms with Gasteiger partial charge in [-0.05, 0) is 30.5 Å². The molecule has 2 aromatic rings. The molecule has 0 fully saturated rings. The van der Waals surface area contributed by atoms with Crippen LogP contribution < -0.4 is 0 Å². The van der Waals surface area contributed by atoms with Gasteiger partial charge >= 0.3 is 5.97 Å². The number of hydrogen-bond donors (Lipinski definition) is 2. The fraction of sp³-hybridized carbons (Fsp3) is 0.409. The van der Waals surface area contributed by atoms with E-state index in [1.165, 1.54) is 38.2 Å². The van der Waals surface area contributed by atoms with Crippen LogP contribution in [0, 0.1) is 0 Å². The number of aromatic hydroxyl groups is 1. The maximum absolute atomic E-state index is 11.1. The maximum atomic E-state index is 11.1. The van der Waals surface area contributed by atoms with Gasteiger partial charge < -0.3 is 10.2 Å². The summed E-state index contributed by atoms with van der Waals surface area (Å²) >= 11 is 0. The summed E-state index contributed by atoms with van der Waals surface area (Å²) in [4.78, 5) is 11.1. The van der Waals surface area contributed by atoms with Gasteiger partial charge in [-0.3, -0.25) is 0 Å². The van der Waals surface area contributed by atoms with Crippen LogP contribution >= 0.6 is 0 Å². The minimum atomic E-state index is -0.964. The molecule has 0 heterocycles. The van der Waals surface area contributed by atoms with E-state index in [0.717, 1.165) is 24.8 Å². The normalized spacial score (nSPS) is 9.96. The van der Waals surface area contributed by atoms with E-state index in [0.29, 0.717) is 0 Å². The summed E-state index contributed by atoms with van der Waals surface area (Å²) in [5.41, 5.74) is 1.05. The van der Waals surface area contributed by atoms with E-state index in [4.69, 9.17) is 5.11 Å². The summed E-state index contributed by atoms with van der Waals surface area (Å²) in [5.74, 6) is -0.949. The predicted octanol–water partition coefficient (Wildman–Crippen LogP) is 6.07. The molecule has 0 aromatic heterocycles. The van der Waals surface area contributed by atoms with E-state index in [1.54, 1.807) is 12.1 Å². The molecule has 3 heteroatoms. The molecule has 0 spiro atoms. The fourth-order valence-corrected chi connectivity index (χ4v) is 2.64. The SMILES string of the molecule is CCCCCCCCCc1ccc(O)cc1C(=O)O.c1ccccc1. The first-order valence-electron chi connectivity index (χ1n) is 9.20. The Morgan fingerprint density at radius 2 is 1.36 bits per heavy atom. The molecule has 0 amide bonds. The van der Waals surface area contributed by atoms with E-state index >= 15 is 0 Å². The van der Waals surface area contributed by atoms with Gasteiger partial charge in [0.1, 0.15) is 5.75 Å². The lowest BCUT2D eigenvalue weighted by Gasteiger charge is -2.06. The Morgan fingerprint density at radius 3 is 1.88 bits per heavy atom. The Labute approximate surface area is 151 Å². The molecule has 0 atom stereocenters. The van der Waals surface area contributed by atoms with Crippen LogP contribution in [-0.2, 0) is 6.42 Å². The van der Waals surface area contributed by atoms with Crippen molar-refractivity contribution in [2.24, 2.45) is 0 Å². The van der Waals surface area contributed by atoms with Crippen molar-refractivity contribution >= 4 is 5.97 Å². The van der Waals surface area contributed by atoms with Crippen molar-refractivity contribution in [1.82, 2.24) is 0 Å². The smallest absolute Gasteiger partial charge is 0.336 e. The second-order valence-corrected chi connectivity index (χ2v) is 6.17. The Balaban J connectivity index is 0.000000435. The highest BCUT2D eigenvalue weighted by atomic mass is 16.4. The topological polar surface area (TPSA) is 57.5 Å². The van der Waals surface area contributed by atoms with Gasteiger partial charge in [0.15, 0.2) is 0 Å². The Bertz CT molecular complexity index is 567. The number of phenols is 1. The zero-order chi connectivity index (χ0) is 18.3. The van der Waals surface area contributed by atoms with Crippen molar-refractivity contribution in [3.63, 3.8) is 0 Å². The summed E-state index contributed by atoms with van der Waals surface area (Å²) in [7, 11) is 0. The highest BCUT2D eigenvalue weighted by molar-refractivity contribution is 5.89. The van der Waals surface area contributed by atoms with Crippen LogP contribution in [0.15, 0.2) is 54.6 Å². The van der Waals surface area contributed by atoms with Crippen LogP contribution in [0.25, 0.3) is 0 Å². The molecular weight excluding hydrogens is 312 g/mol. The van der Waals surface area contributed by atoms with Gasteiger partial charge in [-0.15, -0.1) is 0 Å². The molecule has 0 bridgehead atoms. The molecule has 0 saturated heterocycles. The molecule has 0 aliphatic rings. The zero-order valence-electron chi connectivity index (χ0n) is 15.2. The van der Waals surface area contributed by atoms with Gasteiger partial charge in [-0.25, -0.2) is 4.79 Å². The van der Waals surface area contributed by atoms with Crippen molar-refractivity contribution in [2.75, 3.05) is 0 Å². The van der Waals surface area contributed by atoms with E-state index in [9.17, 15) is 9.90 Å². The van der Waals surface area contributed by atoms with Gasteiger partial charge in [0.05, 0.1) is 5.56 Å². The van der Waals surface area contributed by atoms with Crippen molar-refractivity contribution < 1.29 is 15.0 Å². The van der Waals surface area contributed by atoms with Crippen LogP contribution in [0.3, 0.4) is 0 Å². The lowest BCUT2D eigenvalue weighted by atomic mass is 10.00. The number of rotatable bonds is 9. The average Bonchev–Trinajstić information content (AvgIpc) is 2.64. The molecule has 136 valence electrons. The van der Waals surface area contributed by atoms with Crippen LogP contribution in [0.4, 0.5) is 0 Å². The number of unbranched alkanes of at least 4 members (excludes halogenated alkanes) is 6. The molecular formula is C22H30O3. The summed E-state index contributed by atoms with van der Waals surface area (Å²) in [6.07, 6.45) is 9.29. The molecule has 0 saturated carbocycles. The van der Waals surface area contributed by atoms with Gasteiger partial charge in [-0.1, -0.05) is 87.9 Å². The van der Waals surface area contributed by atoms with Gasteiger partial charge in [0.25, 0.3) is 0 Å². The number of carbonyl (C=O) groups is 1. The lowest BCUT2D eigenvalue weighted by Crippen LogP contribution is -2.02. The predicted molar refractivity (Wildman–Crippen MR) is 103 cm³/mol. The number of aryl methyl sites for hydroxylation is 1. The Morgan fingerprint density at radius 1 is 0.840 bits per heavy atom. The summed E-state index contributed by atoms with van der Waals surface area (Å²) < 4.78 is 0. The summed E-state index contributed by atoms with van der Waals surface area (Å²) in [5, 5.41) is 18.4. The second-order valence-electron chi connectivity index (χ2n) is 6.17. The molecule has 2 aromatic carbocycles. The van der Waals surface area contributed by atoms with Crippen molar-refractivity contribution in [2.45, 2.75) is 58.3 Å². The van der Waals surface area contributed by atoms with E-state index < -0.39 is 5.97 Å². The number of carboxylic acid groups (broad SMARTS) is 1. The van der Waals surface area contributed by atoms with E-state index in [-0.39, 0.29) is 11.3 Å². The maximum Gasteiger partial charge on any atom is 0.336 e. The molecule has 0 radical (unpaired) electrons. The van der Waals surface area contributed by atoms with Crippen LogP contribution in [0.1, 0.15) is 67.8 Å². The minimum absolute atomic E-state index is 0.0146. The fourth-order valence-electron chi connectivity index (χ4n) is 2.64. The number of benzene rings is 2. The molecule has 2 rings (SSSR count). The van der Waals surface area contributed by atoms with Gasteiger partial charge in [-0.2, -0.15) is 0 Å². The minimum Gasteiger partial charge on any atom is -0.508 e. The van der Waals surface area contributed by atoms with E-state index in [1.807, 2.05) is 36.4 Å². The lowest BCUT2D eigenvalue weighted by molar-refractivity contribution is 0.0695. The van der Waals surface area contributed by atoms with Gasteiger partial charge in [0, 0.05) is 0 Å². The molecule has 0 unspecified atom stereocenters. The Kier molecular flexibility index (Phi) is 10.8. The van der Waals surface area contributed by atoms with Crippen LogP contribution in [0.5, 0.6) is 5.75 Å². The van der Waals surface area contributed by atoms with Crippen molar-refractivity contribution in [3.05, 3.63) is 65.7 Å². The van der Waals surface area contributed by atoms with Crippen LogP contribution in [0.2, 0.25) is 0 Å². The summed E-state index contributed by atoms with van der Waals surface area (Å²) in [6, 6.07) is 16.6. The van der Waals surface area contributed by atoms with Crippen molar-refractivity contribution in [3.8, 4) is 5.75 Å². The zero-order valence-corrected chi connectivity index (χ0v) is 15.2. The van der Waals surface area contributed by atoms with E-state index in [2.05, 4.69) is 6.92 Å². The highest BCUT2D eigenvalue weighted by Gasteiger charge is 2.10. The largest absolute Gasteiger partial charge is 0.508 e. The number of carboxylic acids is 1. The average molecular weight is 342 g/mol. The quantitative estimate of drug-likeness (QED) is 0.544. The molecule has 25 heavy (non-hydrogen) atoms. The number of phenolic OH excluding ortho intramolecular Hbond substituents is 1. The Hall–Kier alpha value is -2.29. The first-order valence-corrected chi connectivity index (χ1v) is 9.20. The first-order chi connectivity index (χ1) is 12.1. The molecule has 0 aliphatic carbocycles. The third kappa shape index (κ3) is 9.55. The highest BCUT2D eigenvalue weighted by Crippen LogP contribution is 2.19. The van der Waals surface area contributed by atoms with Gasteiger partial charge in [0.2, 0.25) is 0 Å². The van der Waals surface area contributed by atoms with Crippen LogP contribution in [-0.4, -0.2) is 16.2 Å². The second kappa shape index (κ2) is 13.1. The standard InChI is InChI=1S/C16H24O3.C6H6/c1-2-3-4-5-6-7-8-9-13-10-11-14(17)12-15(13)16(18)19;1-2-4-6-5-3-1/h10-12,17H,2-9H2,1H3,(H,18,19);1-6H. The molecule has 2 N–H and O–H groups in total. The molecule has 3 nitrogen and oxygen atoms in total.